The van der Waals surface area contributed by atoms with E-state index in [2.05, 4.69) is 27.1 Å². The van der Waals surface area contributed by atoms with Crippen LogP contribution in [0.1, 0.15) is 17.5 Å². The summed E-state index contributed by atoms with van der Waals surface area (Å²) in [6, 6.07) is 4.32. The van der Waals surface area contributed by atoms with Crippen LogP contribution >= 0.6 is 53.1 Å². The van der Waals surface area contributed by atoms with Crippen molar-refractivity contribution in [3.05, 3.63) is 24.9 Å². The van der Waals surface area contributed by atoms with Gasteiger partial charge in [0.05, 0.1) is 5.57 Å². The van der Waals surface area contributed by atoms with Crippen molar-refractivity contribution in [1.29, 1.82) is 10.5 Å². The van der Waals surface area contributed by atoms with Crippen molar-refractivity contribution in [2.24, 2.45) is 9.98 Å². The molecule has 2 aromatic rings. The Balaban J connectivity index is 2.52. The van der Waals surface area contributed by atoms with Crippen LogP contribution in [-0.2, 0) is 0 Å². The molecule has 2 aromatic heterocycles. The molecule has 0 aliphatic carbocycles. The lowest BCUT2D eigenvalue weighted by Gasteiger charge is -1.96. The van der Waals surface area contributed by atoms with Gasteiger partial charge in [0, 0.05) is 12.0 Å². The quantitative estimate of drug-likeness (QED) is 0.599. The third-order valence-electron chi connectivity index (χ3n) is 2.52. The monoisotopic (exact) mass is 383 g/mol. The fraction of sp³-hybridized carbons (Fsp3) is 0.250. The van der Waals surface area contributed by atoms with Crippen molar-refractivity contribution in [2.75, 3.05) is 13.3 Å². The molecule has 0 fully saturated rings. The largest absolute Gasteiger partial charge is 0.276 e. The number of thioether (sulfide) groups is 1. The normalized spacial score (nSPS) is 13.7. The van der Waals surface area contributed by atoms with Gasteiger partial charge in [0.25, 0.3) is 0 Å². The van der Waals surface area contributed by atoms with E-state index in [1.165, 1.54) is 53.1 Å². The minimum atomic E-state index is 0.482. The van der Waals surface area contributed by atoms with Crippen LogP contribution in [0.2, 0.25) is 0 Å². The summed E-state index contributed by atoms with van der Waals surface area (Å²) >= 11 is 1.52. The minimum Gasteiger partial charge on any atom is -0.276 e. The molecule has 0 saturated heterocycles. The van der Waals surface area contributed by atoms with E-state index in [4.69, 9.17) is 0 Å². The molecule has 0 atom stereocenters. The molecular weight excluding hydrogens is 375 g/mol. The number of aromatic nitrogens is 1. The fourth-order valence-electron chi connectivity index (χ4n) is 1.38. The van der Waals surface area contributed by atoms with Crippen molar-refractivity contribution in [2.45, 2.75) is 6.92 Å². The molecule has 0 aliphatic rings. The lowest BCUT2D eigenvalue weighted by atomic mass is 10.3. The number of hydrogen-bond donors (Lipinski definition) is 0. The summed E-state index contributed by atoms with van der Waals surface area (Å²) in [6.07, 6.45) is 1.93. The number of hydrogen-bond acceptors (Lipinski definition) is 10. The summed E-state index contributed by atoms with van der Waals surface area (Å²) in [7, 11) is 7.29. The zero-order chi connectivity index (χ0) is 16.1. The van der Waals surface area contributed by atoms with Crippen molar-refractivity contribution in [3.63, 3.8) is 0 Å². The Morgan fingerprint density at radius 2 is 2.00 bits per heavy atom. The van der Waals surface area contributed by atoms with Gasteiger partial charge in [-0.1, -0.05) is 31.0 Å². The van der Waals surface area contributed by atoms with Crippen molar-refractivity contribution in [1.82, 2.24) is 4.98 Å². The van der Waals surface area contributed by atoms with E-state index in [-0.39, 0.29) is 0 Å². The highest BCUT2D eigenvalue weighted by Crippen LogP contribution is 2.28. The number of nitriles is 2. The smallest absolute Gasteiger partial charge is 0.221 e. The second-order valence-corrected chi connectivity index (χ2v) is 8.93. The molecule has 0 aliphatic heterocycles. The van der Waals surface area contributed by atoms with E-state index < -0.39 is 0 Å². The van der Waals surface area contributed by atoms with Gasteiger partial charge < -0.3 is 0 Å². The Morgan fingerprint density at radius 1 is 1.23 bits per heavy atom. The standard InChI is InChI=1S/C12H9N5S5/c1-6(18-3)7(4-13)10-16-12(22-21-10)17-11-8(5-14)9(15-2)19-20-11/h1-3H3. The topological polar surface area (TPSA) is 85.2 Å². The highest BCUT2D eigenvalue weighted by Gasteiger charge is 2.11. The van der Waals surface area contributed by atoms with Gasteiger partial charge in [-0.15, -0.1) is 11.8 Å². The lowest BCUT2D eigenvalue weighted by Crippen LogP contribution is -2.00. The highest BCUT2D eigenvalue weighted by atomic mass is 32.9. The molecule has 0 radical (unpaired) electrons. The van der Waals surface area contributed by atoms with Crippen LogP contribution in [0.25, 0.3) is 5.57 Å². The highest BCUT2D eigenvalue weighted by molar-refractivity contribution is 8.02. The van der Waals surface area contributed by atoms with Gasteiger partial charge in [0.2, 0.25) is 4.80 Å². The lowest BCUT2D eigenvalue weighted by molar-refractivity contribution is 1.22. The number of nitrogens with zero attached hydrogens (tertiary/aromatic N) is 5. The summed E-state index contributed by atoms with van der Waals surface area (Å²) in [5, 5.41) is 19.8. The molecular formula is C12H9N5S5. The van der Waals surface area contributed by atoms with Crippen LogP contribution in [0.5, 0.6) is 0 Å². The van der Waals surface area contributed by atoms with Crippen molar-refractivity contribution >= 4 is 63.7 Å². The first-order valence-corrected chi connectivity index (χ1v) is 11.3. The van der Waals surface area contributed by atoms with E-state index >= 15 is 0 Å². The predicted molar refractivity (Wildman–Crippen MR) is 95.3 cm³/mol. The van der Waals surface area contributed by atoms with E-state index in [0.717, 1.165) is 4.91 Å². The molecule has 2 heterocycles. The number of allylic oxidation sites excluding steroid dienone is 2. The Morgan fingerprint density at radius 3 is 2.59 bits per heavy atom. The first-order chi connectivity index (χ1) is 10.6. The molecule has 0 bridgehead atoms. The Bertz CT molecular complexity index is 924. The van der Waals surface area contributed by atoms with Gasteiger partial charge in [-0.25, -0.2) is 9.98 Å². The molecule has 22 heavy (non-hydrogen) atoms. The Kier molecular flexibility index (Phi) is 6.06. The molecule has 0 aromatic carbocycles. The van der Waals surface area contributed by atoms with Crippen LogP contribution in [0.3, 0.4) is 0 Å². The van der Waals surface area contributed by atoms with Crippen molar-refractivity contribution in [3.8, 4) is 12.1 Å². The number of rotatable bonds is 3. The molecule has 112 valence electrons. The molecule has 2 rings (SSSR count). The summed E-state index contributed by atoms with van der Waals surface area (Å²) < 4.78 is 0.683. The van der Waals surface area contributed by atoms with Gasteiger partial charge in [-0.3, -0.25) is 4.99 Å². The second kappa shape index (κ2) is 7.81. The van der Waals surface area contributed by atoms with Crippen LogP contribution < -0.4 is 9.47 Å². The minimum absolute atomic E-state index is 0.482. The summed E-state index contributed by atoms with van der Waals surface area (Å²) in [4.78, 5) is 14.4. The van der Waals surface area contributed by atoms with Gasteiger partial charge in [0.15, 0.2) is 0 Å². The van der Waals surface area contributed by atoms with Crippen LogP contribution in [-0.4, -0.2) is 18.3 Å². The van der Waals surface area contributed by atoms with E-state index in [1.807, 2.05) is 13.2 Å². The third-order valence-corrected chi connectivity index (χ3v) is 7.65. The first kappa shape index (κ1) is 17.1. The molecule has 0 unspecified atom stereocenters. The molecule has 0 amide bonds. The average Bonchev–Trinajstić information content (AvgIpc) is 3.14. The van der Waals surface area contributed by atoms with E-state index in [1.54, 1.807) is 7.05 Å². The maximum atomic E-state index is 9.27. The van der Waals surface area contributed by atoms with Crippen LogP contribution in [0.4, 0.5) is 5.00 Å². The predicted octanol–water partition coefficient (Wildman–Crippen LogP) is 3.58. The average molecular weight is 384 g/mol. The third kappa shape index (κ3) is 3.54. The zero-order valence-electron chi connectivity index (χ0n) is 11.8. The van der Waals surface area contributed by atoms with E-state index in [0.29, 0.717) is 30.6 Å². The fourth-order valence-corrected chi connectivity index (χ4v) is 5.95. The molecule has 0 N–H and O–H groups in total. The summed E-state index contributed by atoms with van der Waals surface area (Å²) in [5.74, 6) is 0. The SMILES string of the molecule is CN=c1ssc(N=c2nc(C(C#N)=C(C)SC)ss2)c1C#N. The van der Waals surface area contributed by atoms with Crippen LogP contribution in [0.15, 0.2) is 14.9 Å². The van der Waals surface area contributed by atoms with Crippen molar-refractivity contribution < 1.29 is 0 Å². The Labute approximate surface area is 146 Å². The summed E-state index contributed by atoms with van der Waals surface area (Å²) in [6.45, 7) is 1.90. The van der Waals surface area contributed by atoms with Gasteiger partial charge in [-0.05, 0) is 23.5 Å². The van der Waals surface area contributed by atoms with Gasteiger partial charge in [0.1, 0.15) is 32.4 Å². The van der Waals surface area contributed by atoms with E-state index in [9.17, 15) is 10.5 Å². The molecule has 10 heteroatoms. The van der Waals surface area contributed by atoms with Gasteiger partial charge >= 0.3 is 0 Å². The van der Waals surface area contributed by atoms with Gasteiger partial charge in [-0.2, -0.15) is 10.5 Å². The van der Waals surface area contributed by atoms with Crippen LogP contribution in [0, 0.1) is 22.7 Å². The first-order valence-electron chi connectivity index (χ1n) is 5.77. The maximum absolute atomic E-state index is 9.27. The molecule has 5 nitrogen and oxygen atoms in total. The molecule has 0 saturated carbocycles. The second-order valence-electron chi connectivity index (χ2n) is 3.71. The summed E-state index contributed by atoms with van der Waals surface area (Å²) in [5.41, 5.74) is 1.06. The Hall–Kier alpha value is -1.30. The maximum Gasteiger partial charge on any atom is 0.221 e. The zero-order valence-corrected chi connectivity index (χ0v) is 15.9. The molecule has 0 spiro atoms.